The summed E-state index contributed by atoms with van der Waals surface area (Å²) in [5, 5.41) is 0. The standard InChI is InChI=1S/C21H15F3N2O2/c1-26(15-6-7-17(22)18(23)12-15)21(27)9-5-14-4-8-20(19(24)11-14)28-16-3-2-10-25-13-16/h2-13H,1H3/b9-5+. The maximum Gasteiger partial charge on any atom is 0.250 e. The smallest absolute Gasteiger partial charge is 0.250 e. The Kier molecular flexibility index (Phi) is 5.74. The molecule has 1 amide bonds. The van der Waals surface area contributed by atoms with E-state index >= 15 is 0 Å². The highest BCUT2D eigenvalue weighted by Gasteiger charge is 2.11. The van der Waals surface area contributed by atoms with Crippen molar-refractivity contribution >= 4 is 17.7 Å². The van der Waals surface area contributed by atoms with Gasteiger partial charge in [-0.2, -0.15) is 0 Å². The summed E-state index contributed by atoms with van der Waals surface area (Å²) in [6.07, 6.45) is 5.65. The number of halogens is 3. The molecule has 0 saturated heterocycles. The van der Waals surface area contributed by atoms with Crippen LogP contribution in [0.4, 0.5) is 18.9 Å². The summed E-state index contributed by atoms with van der Waals surface area (Å²) in [7, 11) is 1.42. The summed E-state index contributed by atoms with van der Waals surface area (Å²) in [6.45, 7) is 0. The van der Waals surface area contributed by atoms with Crippen LogP contribution < -0.4 is 9.64 Å². The van der Waals surface area contributed by atoms with E-state index in [1.54, 1.807) is 24.4 Å². The van der Waals surface area contributed by atoms with E-state index < -0.39 is 23.4 Å². The number of pyridine rings is 1. The minimum absolute atomic E-state index is 0.0235. The zero-order chi connectivity index (χ0) is 20.1. The summed E-state index contributed by atoms with van der Waals surface area (Å²) >= 11 is 0. The predicted octanol–water partition coefficient (Wildman–Crippen LogP) is 4.97. The Hall–Kier alpha value is -3.61. The predicted molar refractivity (Wildman–Crippen MR) is 99.5 cm³/mol. The SMILES string of the molecule is CN(C(=O)/C=C/c1ccc(Oc2cccnc2)c(F)c1)c1ccc(F)c(F)c1. The minimum Gasteiger partial charge on any atom is -0.453 e. The third-order valence-electron chi connectivity index (χ3n) is 3.86. The van der Waals surface area contributed by atoms with Gasteiger partial charge in [0.2, 0.25) is 0 Å². The average molecular weight is 384 g/mol. The van der Waals surface area contributed by atoms with Crippen LogP contribution in [0.2, 0.25) is 0 Å². The molecule has 0 unspecified atom stereocenters. The molecule has 0 bridgehead atoms. The van der Waals surface area contributed by atoms with Crippen molar-refractivity contribution in [1.82, 2.24) is 4.98 Å². The Labute approximate surface area is 159 Å². The first-order chi connectivity index (χ1) is 13.4. The van der Waals surface area contributed by atoms with Gasteiger partial charge in [0.25, 0.3) is 5.91 Å². The average Bonchev–Trinajstić information content (AvgIpc) is 2.70. The van der Waals surface area contributed by atoms with Crippen molar-refractivity contribution in [2.75, 3.05) is 11.9 Å². The van der Waals surface area contributed by atoms with Gasteiger partial charge in [-0.1, -0.05) is 6.07 Å². The van der Waals surface area contributed by atoms with Gasteiger partial charge in [0.1, 0.15) is 5.75 Å². The molecule has 4 nitrogen and oxygen atoms in total. The Morgan fingerprint density at radius 3 is 2.54 bits per heavy atom. The number of ether oxygens (including phenoxy) is 1. The van der Waals surface area contributed by atoms with E-state index in [0.29, 0.717) is 11.3 Å². The van der Waals surface area contributed by atoms with Crippen LogP contribution in [0.25, 0.3) is 6.08 Å². The van der Waals surface area contributed by atoms with Crippen molar-refractivity contribution in [3.05, 3.63) is 90.0 Å². The molecule has 0 aliphatic rings. The van der Waals surface area contributed by atoms with Crippen molar-refractivity contribution in [3.8, 4) is 11.5 Å². The molecular formula is C21H15F3N2O2. The van der Waals surface area contributed by atoms with Gasteiger partial charge in [-0.3, -0.25) is 9.78 Å². The molecule has 0 spiro atoms. The molecule has 2 aromatic carbocycles. The Morgan fingerprint density at radius 2 is 1.86 bits per heavy atom. The zero-order valence-electron chi connectivity index (χ0n) is 14.8. The molecule has 28 heavy (non-hydrogen) atoms. The summed E-state index contributed by atoms with van der Waals surface area (Å²) in [5.74, 6) is -2.71. The van der Waals surface area contributed by atoms with Crippen LogP contribution in [-0.4, -0.2) is 17.9 Å². The third-order valence-corrected chi connectivity index (χ3v) is 3.86. The fourth-order valence-corrected chi connectivity index (χ4v) is 2.34. The molecule has 0 aliphatic heterocycles. The number of hydrogen-bond donors (Lipinski definition) is 0. The van der Waals surface area contributed by atoms with Crippen molar-refractivity contribution in [3.63, 3.8) is 0 Å². The molecule has 142 valence electrons. The second-order valence-corrected chi connectivity index (χ2v) is 5.81. The first kappa shape index (κ1) is 19.2. The maximum atomic E-state index is 14.2. The van der Waals surface area contributed by atoms with E-state index in [0.717, 1.165) is 17.0 Å². The normalized spacial score (nSPS) is 10.9. The van der Waals surface area contributed by atoms with Gasteiger partial charge in [-0.15, -0.1) is 0 Å². The number of aromatic nitrogens is 1. The molecule has 0 N–H and O–H groups in total. The van der Waals surface area contributed by atoms with Crippen LogP contribution in [-0.2, 0) is 4.79 Å². The highest BCUT2D eigenvalue weighted by atomic mass is 19.2. The topological polar surface area (TPSA) is 42.4 Å². The number of rotatable bonds is 5. The Bertz CT molecular complexity index is 1020. The molecule has 1 heterocycles. The zero-order valence-corrected chi connectivity index (χ0v) is 14.8. The van der Waals surface area contributed by atoms with Gasteiger partial charge >= 0.3 is 0 Å². The largest absolute Gasteiger partial charge is 0.453 e. The highest BCUT2D eigenvalue weighted by molar-refractivity contribution is 6.03. The number of likely N-dealkylation sites (N-methyl/N-ethyl adjacent to an activating group) is 1. The molecule has 3 rings (SSSR count). The van der Waals surface area contributed by atoms with E-state index in [-0.39, 0.29) is 11.4 Å². The van der Waals surface area contributed by atoms with Crippen LogP contribution in [0, 0.1) is 17.5 Å². The van der Waals surface area contributed by atoms with E-state index in [1.165, 1.54) is 43.6 Å². The van der Waals surface area contributed by atoms with Gasteiger partial charge in [-0.25, -0.2) is 13.2 Å². The summed E-state index contributed by atoms with van der Waals surface area (Å²) < 4.78 is 45.9. The van der Waals surface area contributed by atoms with Gasteiger partial charge in [0.05, 0.1) is 6.20 Å². The fraction of sp³-hybridized carbons (Fsp3) is 0.0476. The van der Waals surface area contributed by atoms with E-state index in [4.69, 9.17) is 4.74 Å². The monoisotopic (exact) mass is 384 g/mol. The Balaban J connectivity index is 1.70. The second kappa shape index (κ2) is 8.39. The first-order valence-electron chi connectivity index (χ1n) is 8.22. The summed E-state index contributed by atoms with van der Waals surface area (Å²) in [4.78, 5) is 17.2. The fourth-order valence-electron chi connectivity index (χ4n) is 2.34. The van der Waals surface area contributed by atoms with Gasteiger partial charge < -0.3 is 9.64 Å². The number of amides is 1. The maximum absolute atomic E-state index is 14.2. The molecule has 0 radical (unpaired) electrons. The lowest BCUT2D eigenvalue weighted by Gasteiger charge is -2.15. The number of carbonyl (C=O) groups excluding carboxylic acids is 1. The quantitative estimate of drug-likeness (QED) is 0.584. The molecule has 0 saturated carbocycles. The lowest BCUT2D eigenvalue weighted by atomic mass is 10.2. The van der Waals surface area contributed by atoms with Crippen molar-refractivity contribution < 1.29 is 22.7 Å². The first-order valence-corrected chi connectivity index (χ1v) is 8.22. The van der Waals surface area contributed by atoms with Crippen LogP contribution in [0.15, 0.2) is 67.0 Å². The summed E-state index contributed by atoms with van der Waals surface area (Å²) in [6, 6.07) is 10.7. The van der Waals surface area contributed by atoms with Crippen molar-refractivity contribution in [2.45, 2.75) is 0 Å². The van der Waals surface area contributed by atoms with Crippen molar-refractivity contribution in [2.24, 2.45) is 0 Å². The molecule has 0 atom stereocenters. The van der Waals surface area contributed by atoms with Crippen molar-refractivity contribution in [1.29, 1.82) is 0 Å². The van der Waals surface area contributed by atoms with E-state index in [9.17, 15) is 18.0 Å². The molecular weight excluding hydrogens is 369 g/mol. The third kappa shape index (κ3) is 4.56. The van der Waals surface area contributed by atoms with Crippen LogP contribution >= 0.6 is 0 Å². The number of benzene rings is 2. The molecule has 7 heteroatoms. The van der Waals surface area contributed by atoms with Crippen LogP contribution in [0.1, 0.15) is 5.56 Å². The molecule has 3 aromatic rings. The summed E-state index contributed by atoms with van der Waals surface area (Å²) in [5.41, 5.74) is 0.628. The van der Waals surface area contributed by atoms with Crippen LogP contribution in [0.5, 0.6) is 11.5 Å². The number of carbonyl (C=O) groups is 1. The van der Waals surface area contributed by atoms with Gasteiger partial charge in [0, 0.05) is 31.1 Å². The number of nitrogens with zero attached hydrogens (tertiary/aromatic N) is 2. The van der Waals surface area contributed by atoms with E-state index in [2.05, 4.69) is 4.98 Å². The van der Waals surface area contributed by atoms with Gasteiger partial charge in [0.15, 0.2) is 23.2 Å². The van der Waals surface area contributed by atoms with Crippen LogP contribution in [0.3, 0.4) is 0 Å². The second-order valence-electron chi connectivity index (χ2n) is 5.81. The lowest BCUT2D eigenvalue weighted by Crippen LogP contribution is -2.24. The molecule has 0 aliphatic carbocycles. The van der Waals surface area contributed by atoms with Gasteiger partial charge in [-0.05, 0) is 48.0 Å². The minimum atomic E-state index is -1.05. The number of anilines is 1. The number of hydrogen-bond acceptors (Lipinski definition) is 3. The highest BCUT2D eigenvalue weighted by Crippen LogP contribution is 2.25. The molecule has 0 fully saturated rings. The van der Waals surface area contributed by atoms with E-state index in [1.807, 2.05) is 0 Å². The Morgan fingerprint density at radius 1 is 1.04 bits per heavy atom. The molecule has 1 aromatic heterocycles. The lowest BCUT2D eigenvalue weighted by molar-refractivity contribution is -0.113.